The Labute approximate surface area is 124 Å². The number of sulfonamides is 1. The van der Waals surface area contributed by atoms with Gasteiger partial charge in [0.2, 0.25) is 10.0 Å². The van der Waals surface area contributed by atoms with Crippen LogP contribution in [-0.2, 0) is 14.8 Å². The zero-order valence-electron chi connectivity index (χ0n) is 11.4. The van der Waals surface area contributed by atoms with Crippen molar-refractivity contribution in [1.82, 2.24) is 0 Å². The van der Waals surface area contributed by atoms with Gasteiger partial charge in [0.15, 0.2) is 0 Å². The molecule has 1 aromatic carbocycles. The first-order chi connectivity index (χ1) is 9.38. The first kappa shape index (κ1) is 16.8. The van der Waals surface area contributed by atoms with Gasteiger partial charge in [-0.2, -0.15) is 0 Å². The normalized spacial score (nSPS) is 12.8. The summed E-state index contributed by atoms with van der Waals surface area (Å²) >= 11 is 5.60. The van der Waals surface area contributed by atoms with Crippen LogP contribution in [0.3, 0.4) is 0 Å². The molecule has 0 saturated carbocycles. The number of hydrogen-bond acceptors (Lipinski definition) is 4. The molecule has 1 N–H and O–H groups in total. The van der Waals surface area contributed by atoms with E-state index in [0.717, 1.165) is 0 Å². The number of ether oxygens (including phenoxy) is 1. The first-order valence-corrected chi connectivity index (χ1v) is 8.40. The number of nitrogens with one attached hydrogen (secondary N) is 1. The van der Waals surface area contributed by atoms with Gasteiger partial charge in [0.1, 0.15) is 0 Å². The van der Waals surface area contributed by atoms with Crippen molar-refractivity contribution in [3.63, 3.8) is 0 Å². The molecule has 0 radical (unpaired) electrons. The smallest absolute Gasteiger partial charge is 0.338 e. The first-order valence-electron chi connectivity index (χ1n) is 6.21. The minimum atomic E-state index is -3.44. The third-order valence-corrected chi connectivity index (χ3v) is 4.52. The summed E-state index contributed by atoms with van der Waals surface area (Å²) in [5, 5.41) is 0. The van der Waals surface area contributed by atoms with Crippen molar-refractivity contribution in [2.75, 3.05) is 23.0 Å². The van der Waals surface area contributed by atoms with E-state index < -0.39 is 16.0 Å². The van der Waals surface area contributed by atoms with Gasteiger partial charge in [-0.15, -0.1) is 11.6 Å². The van der Waals surface area contributed by atoms with E-state index in [0.29, 0.717) is 17.9 Å². The van der Waals surface area contributed by atoms with Gasteiger partial charge in [-0.3, -0.25) is 4.72 Å². The van der Waals surface area contributed by atoms with Gasteiger partial charge in [0.25, 0.3) is 0 Å². The van der Waals surface area contributed by atoms with Crippen molar-refractivity contribution in [2.24, 2.45) is 5.92 Å². The Morgan fingerprint density at radius 1 is 1.35 bits per heavy atom. The molecule has 1 rings (SSSR count). The number of alkyl halides is 1. The maximum absolute atomic E-state index is 11.8. The van der Waals surface area contributed by atoms with Crippen LogP contribution < -0.4 is 4.72 Å². The molecular weight excluding hydrogens is 302 g/mol. The minimum absolute atomic E-state index is 0.0455. The van der Waals surface area contributed by atoms with Crippen LogP contribution in [0.15, 0.2) is 24.3 Å². The average molecular weight is 320 g/mol. The minimum Gasteiger partial charge on any atom is -0.462 e. The predicted molar refractivity (Wildman–Crippen MR) is 79.7 cm³/mol. The van der Waals surface area contributed by atoms with Gasteiger partial charge in [-0.25, -0.2) is 13.2 Å². The van der Waals surface area contributed by atoms with Crippen LogP contribution in [0.25, 0.3) is 0 Å². The molecule has 0 fully saturated rings. The second kappa shape index (κ2) is 7.50. The molecule has 0 aliphatic carbocycles. The number of carbonyl (C=O) groups excluding carboxylic acids is 1. The Kier molecular flexibility index (Phi) is 6.29. The Bertz CT molecular complexity index is 542. The van der Waals surface area contributed by atoms with Gasteiger partial charge in [-0.1, -0.05) is 6.92 Å². The summed E-state index contributed by atoms with van der Waals surface area (Å²) in [5.41, 5.74) is 0.781. The fourth-order valence-corrected chi connectivity index (χ4v) is 3.21. The topological polar surface area (TPSA) is 72.5 Å². The second-order valence-electron chi connectivity index (χ2n) is 4.44. The monoisotopic (exact) mass is 319 g/mol. The number of benzene rings is 1. The molecule has 0 spiro atoms. The number of halogens is 1. The maximum atomic E-state index is 11.8. The lowest BCUT2D eigenvalue weighted by Crippen LogP contribution is -2.22. The molecule has 0 aliphatic rings. The van der Waals surface area contributed by atoms with Crippen LogP contribution in [0.4, 0.5) is 5.69 Å². The lowest BCUT2D eigenvalue weighted by molar-refractivity contribution is 0.0526. The van der Waals surface area contributed by atoms with Crippen molar-refractivity contribution in [2.45, 2.75) is 13.8 Å². The molecule has 5 nitrogen and oxygen atoms in total. The summed E-state index contributed by atoms with van der Waals surface area (Å²) < 4.78 is 30.9. The highest BCUT2D eigenvalue weighted by atomic mass is 35.5. The second-order valence-corrected chi connectivity index (χ2v) is 6.52. The number of carbonyl (C=O) groups is 1. The molecule has 0 bridgehead atoms. The molecule has 0 aromatic heterocycles. The summed E-state index contributed by atoms with van der Waals surface area (Å²) in [6.07, 6.45) is 0. The lowest BCUT2D eigenvalue weighted by Gasteiger charge is -2.11. The molecular formula is C13H18ClNO4S. The summed E-state index contributed by atoms with van der Waals surface area (Å²) in [6, 6.07) is 6.08. The zero-order valence-corrected chi connectivity index (χ0v) is 13.0. The Hall–Kier alpha value is -1.27. The zero-order chi connectivity index (χ0) is 15.2. The van der Waals surface area contributed by atoms with Crippen molar-refractivity contribution >= 4 is 33.3 Å². The predicted octanol–water partition coefficient (Wildman–Crippen LogP) is 2.48. The van der Waals surface area contributed by atoms with E-state index in [2.05, 4.69) is 4.72 Å². The van der Waals surface area contributed by atoms with Crippen LogP contribution in [0.1, 0.15) is 24.2 Å². The number of hydrogen-bond donors (Lipinski definition) is 1. The number of esters is 1. The van der Waals surface area contributed by atoms with Gasteiger partial charge >= 0.3 is 5.97 Å². The molecule has 0 heterocycles. The van der Waals surface area contributed by atoms with Gasteiger partial charge in [-0.05, 0) is 37.1 Å². The van der Waals surface area contributed by atoms with Crippen LogP contribution in [0, 0.1) is 5.92 Å². The molecule has 112 valence electrons. The Morgan fingerprint density at radius 2 is 1.95 bits per heavy atom. The van der Waals surface area contributed by atoms with E-state index in [1.807, 2.05) is 0 Å². The molecule has 0 saturated heterocycles. The molecule has 1 unspecified atom stereocenters. The fourth-order valence-electron chi connectivity index (χ4n) is 1.53. The molecule has 1 aromatic rings. The quantitative estimate of drug-likeness (QED) is 0.619. The van der Waals surface area contributed by atoms with E-state index >= 15 is 0 Å². The third-order valence-electron chi connectivity index (χ3n) is 2.44. The molecule has 0 aliphatic heterocycles. The van der Waals surface area contributed by atoms with Crippen LogP contribution in [-0.4, -0.2) is 32.6 Å². The summed E-state index contributed by atoms with van der Waals surface area (Å²) in [7, 11) is -3.44. The summed E-state index contributed by atoms with van der Waals surface area (Å²) in [4.78, 5) is 11.5. The Morgan fingerprint density at radius 3 is 2.45 bits per heavy atom. The Balaban J connectivity index is 2.72. The van der Waals surface area contributed by atoms with Gasteiger partial charge in [0.05, 0.1) is 17.9 Å². The van der Waals surface area contributed by atoms with E-state index in [-0.39, 0.29) is 17.6 Å². The molecule has 1 atom stereocenters. The highest BCUT2D eigenvalue weighted by Crippen LogP contribution is 2.14. The van der Waals surface area contributed by atoms with Crippen molar-refractivity contribution in [3.8, 4) is 0 Å². The van der Waals surface area contributed by atoms with E-state index in [4.69, 9.17) is 16.3 Å². The highest BCUT2D eigenvalue weighted by Gasteiger charge is 2.15. The van der Waals surface area contributed by atoms with Crippen LogP contribution in [0.2, 0.25) is 0 Å². The van der Waals surface area contributed by atoms with Crippen LogP contribution >= 0.6 is 11.6 Å². The third kappa shape index (κ3) is 5.38. The van der Waals surface area contributed by atoms with E-state index in [1.54, 1.807) is 13.8 Å². The van der Waals surface area contributed by atoms with Gasteiger partial charge < -0.3 is 4.74 Å². The van der Waals surface area contributed by atoms with E-state index in [1.165, 1.54) is 24.3 Å². The van der Waals surface area contributed by atoms with E-state index in [9.17, 15) is 13.2 Å². The molecule has 0 amide bonds. The van der Waals surface area contributed by atoms with Crippen LogP contribution in [0.5, 0.6) is 0 Å². The average Bonchev–Trinajstić information content (AvgIpc) is 2.38. The van der Waals surface area contributed by atoms with Gasteiger partial charge in [0, 0.05) is 11.6 Å². The number of rotatable bonds is 7. The van der Waals surface area contributed by atoms with Crippen molar-refractivity contribution in [3.05, 3.63) is 29.8 Å². The number of anilines is 1. The molecule has 20 heavy (non-hydrogen) atoms. The maximum Gasteiger partial charge on any atom is 0.338 e. The highest BCUT2D eigenvalue weighted by molar-refractivity contribution is 7.92. The van der Waals surface area contributed by atoms with Crippen molar-refractivity contribution < 1.29 is 17.9 Å². The SMILES string of the molecule is CCOC(=O)c1ccc(NS(=O)(=O)CC(C)CCl)cc1. The molecule has 7 heteroatoms. The summed E-state index contributed by atoms with van der Waals surface area (Å²) in [5.74, 6) is -0.329. The largest absolute Gasteiger partial charge is 0.462 e. The fraction of sp³-hybridized carbons (Fsp3) is 0.462. The standard InChI is InChI=1S/C13H18ClNO4S/c1-3-19-13(16)11-4-6-12(7-5-11)15-20(17,18)9-10(2)8-14/h4-7,10,15H,3,8-9H2,1-2H3. The van der Waals surface area contributed by atoms with Crippen molar-refractivity contribution in [1.29, 1.82) is 0 Å². The lowest BCUT2D eigenvalue weighted by atomic mass is 10.2. The summed E-state index contributed by atoms with van der Waals surface area (Å²) in [6.45, 7) is 3.78.